The summed E-state index contributed by atoms with van der Waals surface area (Å²) in [5, 5.41) is 2.83. The largest absolute Gasteiger partial charge is 0.396 e. The summed E-state index contributed by atoms with van der Waals surface area (Å²) in [5.74, 6) is 1.96. The molecule has 6 nitrogen and oxygen atoms in total. The monoisotopic (exact) mass is 588 g/mol. The number of aromatic nitrogens is 4. The third kappa shape index (κ3) is 4.37. The van der Waals surface area contributed by atoms with Gasteiger partial charge in [-0.2, -0.15) is 0 Å². The fourth-order valence-corrected chi connectivity index (χ4v) is 6.95. The van der Waals surface area contributed by atoms with Crippen LogP contribution in [0.2, 0.25) is 0 Å². The number of anilines is 2. The molecule has 4 aromatic carbocycles. The van der Waals surface area contributed by atoms with Crippen LogP contribution in [-0.4, -0.2) is 19.5 Å². The Morgan fingerprint density at radius 1 is 0.636 bits per heavy atom. The lowest BCUT2D eigenvalue weighted by atomic mass is 10.1. The van der Waals surface area contributed by atoms with Gasteiger partial charge in [-0.15, -0.1) is 11.3 Å². The predicted octanol–water partition coefficient (Wildman–Crippen LogP) is 8.93. The number of rotatable bonds is 5. The molecule has 0 saturated carbocycles. The summed E-state index contributed by atoms with van der Waals surface area (Å²) in [6.07, 6.45) is 8.47. The molecule has 0 radical (unpaired) electrons. The molecular formula is C37H28N6S. The Balaban J connectivity index is 1.29. The van der Waals surface area contributed by atoms with E-state index in [-0.39, 0.29) is 0 Å². The summed E-state index contributed by atoms with van der Waals surface area (Å²) in [4.78, 5) is 14.7. The molecule has 7 heteroatoms. The molecule has 4 N–H and O–H groups in total. The zero-order chi connectivity index (χ0) is 29.6. The molecule has 1 aliphatic carbocycles. The van der Waals surface area contributed by atoms with Crippen molar-refractivity contribution in [2.45, 2.75) is 12.8 Å². The van der Waals surface area contributed by atoms with Crippen molar-refractivity contribution in [3.05, 3.63) is 127 Å². The second kappa shape index (κ2) is 10.6. The van der Waals surface area contributed by atoms with E-state index >= 15 is 0 Å². The minimum Gasteiger partial charge on any atom is -0.396 e. The van der Waals surface area contributed by atoms with Gasteiger partial charge >= 0.3 is 0 Å². The number of para-hydroxylation sites is 1. The molecule has 3 aromatic heterocycles. The summed E-state index contributed by atoms with van der Waals surface area (Å²) in [6.45, 7) is 0. The first-order valence-electron chi connectivity index (χ1n) is 14.6. The number of allylic oxidation sites excluding steroid dienone is 4. The van der Waals surface area contributed by atoms with Gasteiger partial charge in [0.25, 0.3) is 0 Å². The van der Waals surface area contributed by atoms with Gasteiger partial charge < -0.3 is 16.0 Å². The lowest BCUT2D eigenvalue weighted by Gasteiger charge is -2.14. The Kier molecular flexibility index (Phi) is 6.31. The molecule has 44 heavy (non-hydrogen) atoms. The molecule has 7 aromatic rings. The third-order valence-corrected chi connectivity index (χ3v) is 9.08. The van der Waals surface area contributed by atoms with Crippen molar-refractivity contribution in [2.24, 2.45) is 0 Å². The molecule has 0 aliphatic heterocycles. The molecule has 0 unspecified atom stereocenters. The van der Waals surface area contributed by atoms with E-state index in [0.717, 1.165) is 72.5 Å². The van der Waals surface area contributed by atoms with E-state index < -0.39 is 0 Å². The van der Waals surface area contributed by atoms with Crippen LogP contribution in [0.5, 0.6) is 0 Å². The second-order valence-corrected chi connectivity index (χ2v) is 11.9. The van der Waals surface area contributed by atoms with Crippen molar-refractivity contribution >= 4 is 48.6 Å². The highest BCUT2D eigenvalue weighted by Gasteiger charge is 2.23. The quantitative estimate of drug-likeness (QED) is 0.209. The van der Waals surface area contributed by atoms with Crippen molar-refractivity contribution in [1.82, 2.24) is 19.5 Å². The molecule has 212 valence electrons. The van der Waals surface area contributed by atoms with Gasteiger partial charge in [0.15, 0.2) is 17.5 Å². The van der Waals surface area contributed by atoms with Crippen LogP contribution in [0.25, 0.3) is 66.3 Å². The van der Waals surface area contributed by atoms with E-state index in [4.69, 9.17) is 26.4 Å². The third-order valence-electron chi connectivity index (χ3n) is 8.08. The van der Waals surface area contributed by atoms with Crippen LogP contribution in [0.1, 0.15) is 18.7 Å². The smallest absolute Gasteiger partial charge is 0.164 e. The van der Waals surface area contributed by atoms with Crippen molar-refractivity contribution in [2.75, 3.05) is 11.5 Å². The average molecular weight is 589 g/mol. The zero-order valence-electron chi connectivity index (χ0n) is 23.8. The number of nitrogen functional groups attached to an aromatic ring is 2. The number of thiophene rings is 1. The van der Waals surface area contributed by atoms with Crippen molar-refractivity contribution < 1.29 is 0 Å². The molecule has 0 atom stereocenters. The van der Waals surface area contributed by atoms with E-state index in [1.807, 2.05) is 54.6 Å². The second-order valence-electron chi connectivity index (χ2n) is 10.8. The topological polar surface area (TPSA) is 95.6 Å². The van der Waals surface area contributed by atoms with E-state index in [0.29, 0.717) is 23.2 Å². The first-order valence-corrected chi connectivity index (χ1v) is 15.4. The van der Waals surface area contributed by atoms with Crippen LogP contribution < -0.4 is 11.5 Å². The van der Waals surface area contributed by atoms with Crippen LogP contribution in [-0.2, 0) is 0 Å². The standard InChI is InChI=1S/C37H28N6S/c38-32-27-15-7-9-17-29(27)43(33(32)31-28-16-8-10-18-30(28)44-34(31)39)26-21-19-25(20-22-26)37-41-35(23-11-3-1-4-12-23)40-36(42-37)24-13-5-2-6-14-24/h1,3-5,7-22H,2,6,38-39H2. The first-order chi connectivity index (χ1) is 21.7. The number of hydrogen-bond acceptors (Lipinski definition) is 6. The van der Waals surface area contributed by atoms with Gasteiger partial charge in [0.05, 0.1) is 21.9 Å². The van der Waals surface area contributed by atoms with Crippen molar-refractivity contribution in [3.63, 3.8) is 0 Å². The minimum atomic E-state index is 0.630. The number of nitrogens with two attached hydrogens (primary N) is 2. The Labute approximate surface area is 258 Å². The van der Waals surface area contributed by atoms with Gasteiger partial charge in [0.2, 0.25) is 0 Å². The summed E-state index contributed by atoms with van der Waals surface area (Å²) in [7, 11) is 0. The Bertz CT molecular complexity index is 2240. The molecule has 0 fully saturated rings. The maximum Gasteiger partial charge on any atom is 0.164 e. The molecule has 0 amide bonds. The highest BCUT2D eigenvalue weighted by molar-refractivity contribution is 7.23. The van der Waals surface area contributed by atoms with Gasteiger partial charge in [0, 0.05) is 43.4 Å². The molecule has 1 aliphatic rings. The maximum atomic E-state index is 6.90. The summed E-state index contributed by atoms with van der Waals surface area (Å²) in [5.41, 5.74) is 21.0. The molecule has 3 heterocycles. The van der Waals surface area contributed by atoms with Crippen LogP contribution in [0.15, 0.2) is 121 Å². The van der Waals surface area contributed by atoms with Gasteiger partial charge in [-0.3, -0.25) is 0 Å². The van der Waals surface area contributed by atoms with Crippen LogP contribution in [0, 0.1) is 0 Å². The first kappa shape index (κ1) is 26.1. The predicted molar refractivity (Wildman–Crippen MR) is 184 cm³/mol. The molecule has 0 spiro atoms. The highest BCUT2D eigenvalue weighted by atomic mass is 32.1. The van der Waals surface area contributed by atoms with Crippen molar-refractivity contribution in [1.29, 1.82) is 0 Å². The van der Waals surface area contributed by atoms with Gasteiger partial charge in [-0.25, -0.2) is 15.0 Å². The highest BCUT2D eigenvalue weighted by Crippen LogP contribution is 2.47. The fraction of sp³-hybridized carbons (Fsp3) is 0.0541. The van der Waals surface area contributed by atoms with Gasteiger partial charge in [0.1, 0.15) is 0 Å². The lowest BCUT2D eigenvalue weighted by Crippen LogP contribution is -2.03. The average Bonchev–Trinajstić information content (AvgIpc) is 3.57. The molecular weight excluding hydrogens is 561 g/mol. The van der Waals surface area contributed by atoms with Gasteiger partial charge in [-0.05, 0) is 49.2 Å². The fourth-order valence-electron chi connectivity index (χ4n) is 5.98. The molecule has 0 bridgehead atoms. The van der Waals surface area contributed by atoms with E-state index in [2.05, 4.69) is 71.3 Å². The van der Waals surface area contributed by atoms with Crippen LogP contribution in [0.3, 0.4) is 0 Å². The Morgan fingerprint density at radius 2 is 1.30 bits per heavy atom. The summed E-state index contributed by atoms with van der Waals surface area (Å²) < 4.78 is 3.35. The number of benzene rings is 4. The number of hydrogen-bond donors (Lipinski definition) is 2. The van der Waals surface area contributed by atoms with Gasteiger partial charge in [-0.1, -0.05) is 85.0 Å². The van der Waals surface area contributed by atoms with E-state index in [1.54, 1.807) is 11.3 Å². The van der Waals surface area contributed by atoms with Crippen LogP contribution >= 0.6 is 11.3 Å². The summed E-state index contributed by atoms with van der Waals surface area (Å²) >= 11 is 1.59. The van der Waals surface area contributed by atoms with E-state index in [1.165, 1.54) is 0 Å². The Morgan fingerprint density at radius 3 is 2.05 bits per heavy atom. The van der Waals surface area contributed by atoms with Crippen LogP contribution in [0.4, 0.5) is 10.7 Å². The summed E-state index contributed by atoms with van der Waals surface area (Å²) in [6, 6.07) is 34.9. The Hall–Kier alpha value is -5.53. The zero-order valence-corrected chi connectivity index (χ0v) is 24.6. The van der Waals surface area contributed by atoms with E-state index in [9.17, 15) is 0 Å². The lowest BCUT2D eigenvalue weighted by molar-refractivity contribution is 1.01. The SMILES string of the molecule is Nc1sc2ccccc2c1-c1c(N)c2ccccc2n1-c1ccc(-c2nc(C3=CCCC=C3)nc(-c3ccccc3)n2)cc1. The van der Waals surface area contributed by atoms with Crippen molar-refractivity contribution in [3.8, 4) is 39.7 Å². The molecule has 0 saturated heterocycles. The number of fused-ring (bicyclic) bond motifs is 2. The molecule has 8 rings (SSSR count). The normalized spacial score (nSPS) is 13.0. The minimum absolute atomic E-state index is 0.630. The number of nitrogens with zero attached hydrogens (tertiary/aromatic N) is 4. The maximum absolute atomic E-state index is 6.90.